The highest BCUT2D eigenvalue weighted by Crippen LogP contribution is 2.28. The Morgan fingerprint density at radius 2 is 1.48 bits per heavy atom. The zero-order chi connectivity index (χ0) is 15.3. The molecule has 0 spiro atoms. The summed E-state index contributed by atoms with van der Waals surface area (Å²) < 4.78 is 0. The number of hydrogen-bond acceptors (Lipinski definition) is 2. The maximum Gasteiger partial charge on any atom is 0.0135 e. The molecular formula is C19H40N2. The van der Waals surface area contributed by atoms with Crippen LogP contribution in [0.15, 0.2) is 0 Å². The molecule has 0 radical (unpaired) electrons. The van der Waals surface area contributed by atoms with Crippen molar-refractivity contribution in [3.63, 3.8) is 0 Å². The van der Waals surface area contributed by atoms with E-state index >= 15 is 0 Å². The molecule has 0 aromatic carbocycles. The minimum Gasteiger partial charge on any atom is -0.330 e. The second-order valence-corrected chi connectivity index (χ2v) is 6.95. The molecule has 126 valence electrons. The molecule has 2 N–H and O–H groups in total. The lowest BCUT2D eigenvalue weighted by molar-refractivity contribution is 0.110. The molecular weight excluding hydrogens is 256 g/mol. The van der Waals surface area contributed by atoms with Crippen LogP contribution in [-0.4, -0.2) is 30.6 Å². The van der Waals surface area contributed by atoms with Crippen molar-refractivity contribution < 1.29 is 0 Å². The van der Waals surface area contributed by atoms with Gasteiger partial charge < -0.3 is 10.6 Å². The molecule has 2 heteroatoms. The molecule has 2 nitrogen and oxygen atoms in total. The van der Waals surface area contributed by atoms with Gasteiger partial charge in [-0.1, -0.05) is 71.6 Å². The maximum atomic E-state index is 5.99. The van der Waals surface area contributed by atoms with Crippen LogP contribution in [0.4, 0.5) is 0 Å². The van der Waals surface area contributed by atoms with Crippen molar-refractivity contribution in [3.8, 4) is 0 Å². The van der Waals surface area contributed by atoms with Crippen molar-refractivity contribution in [2.75, 3.05) is 19.6 Å². The van der Waals surface area contributed by atoms with E-state index in [4.69, 9.17) is 5.73 Å². The molecule has 0 aromatic heterocycles. The summed E-state index contributed by atoms with van der Waals surface area (Å²) in [6.45, 7) is 8.01. The summed E-state index contributed by atoms with van der Waals surface area (Å²) >= 11 is 0. The predicted octanol–water partition coefficient (Wildman–Crippen LogP) is 4.97. The Morgan fingerprint density at radius 1 is 0.857 bits per heavy atom. The first-order chi connectivity index (χ1) is 10.3. The van der Waals surface area contributed by atoms with Crippen LogP contribution in [0.1, 0.15) is 90.9 Å². The van der Waals surface area contributed by atoms with Gasteiger partial charge in [-0.25, -0.2) is 0 Å². The molecule has 0 aromatic rings. The average Bonchev–Trinajstić information content (AvgIpc) is 2.53. The summed E-state index contributed by atoms with van der Waals surface area (Å²) in [5.41, 5.74) is 5.99. The largest absolute Gasteiger partial charge is 0.330 e. The molecule has 1 saturated carbocycles. The van der Waals surface area contributed by atoms with Gasteiger partial charge in [-0.3, -0.25) is 0 Å². The first-order valence-corrected chi connectivity index (χ1v) is 9.77. The molecule has 1 rings (SSSR count). The van der Waals surface area contributed by atoms with Gasteiger partial charge in [0.25, 0.3) is 0 Å². The lowest BCUT2D eigenvalue weighted by atomic mass is 9.83. The SMILES string of the molecule is CCCCCCCCCCN(CC)C1CCCCC1CN. The number of nitrogens with two attached hydrogens (primary N) is 1. The molecule has 0 bridgehead atoms. The molecule has 0 amide bonds. The molecule has 1 aliphatic carbocycles. The van der Waals surface area contributed by atoms with Gasteiger partial charge in [0.2, 0.25) is 0 Å². The molecule has 0 saturated heterocycles. The smallest absolute Gasteiger partial charge is 0.0135 e. The van der Waals surface area contributed by atoms with E-state index in [9.17, 15) is 0 Å². The highest BCUT2D eigenvalue weighted by atomic mass is 15.2. The van der Waals surface area contributed by atoms with Gasteiger partial charge >= 0.3 is 0 Å². The summed E-state index contributed by atoms with van der Waals surface area (Å²) in [6, 6.07) is 0.776. The van der Waals surface area contributed by atoms with Gasteiger partial charge in [0, 0.05) is 6.04 Å². The van der Waals surface area contributed by atoms with Crippen molar-refractivity contribution in [1.29, 1.82) is 0 Å². The zero-order valence-electron chi connectivity index (χ0n) is 14.8. The van der Waals surface area contributed by atoms with E-state index in [2.05, 4.69) is 18.7 Å². The van der Waals surface area contributed by atoms with E-state index < -0.39 is 0 Å². The van der Waals surface area contributed by atoms with Gasteiger partial charge in [0.15, 0.2) is 0 Å². The maximum absolute atomic E-state index is 5.99. The van der Waals surface area contributed by atoms with Crippen molar-refractivity contribution in [2.45, 2.75) is 96.9 Å². The third kappa shape index (κ3) is 7.65. The normalized spacial score (nSPS) is 22.9. The first kappa shape index (κ1) is 19.0. The topological polar surface area (TPSA) is 29.3 Å². The van der Waals surface area contributed by atoms with Crippen molar-refractivity contribution >= 4 is 0 Å². The van der Waals surface area contributed by atoms with Crippen molar-refractivity contribution in [1.82, 2.24) is 4.90 Å². The van der Waals surface area contributed by atoms with Crippen LogP contribution in [0.3, 0.4) is 0 Å². The van der Waals surface area contributed by atoms with Crippen LogP contribution in [-0.2, 0) is 0 Å². The summed E-state index contributed by atoms with van der Waals surface area (Å²) in [7, 11) is 0. The Bertz CT molecular complexity index is 230. The molecule has 21 heavy (non-hydrogen) atoms. The summed E-state index contributed by atoms with van der Waals surface area (Å²) in [4.78, 5) is 2.73. The van der Waals surface area contributed by atoms with Crippen LogP contribution in [0.2, 0.25) is 0 Å². The number of rotatable bonds is 12. The van der Waals surface area contributed by atoms with Gasteiger partial charge in [-0.15, -0.1) is 0 Å². The molecule has 0 aliphatic heterocycles. The van der Waals surface area contributed by atoms with E-state index in [1.165, 1.54) is 90.1 Å². The minimum absolute atomic E-state index is 0.757. The van der Waals surface area contributed by atoms with E-state index in [1.807, 2.05) is 0 Å². The fraction of sp³-hybridized carbons (Fsp3) is 1.00. The van der Waals surface area contributed by atoms with Crippen LogP contribution in [0.5, 0.6) is 0 Å². The standard InChI is InChI=1S/C19H40N2/c1-3-5-6-7-8-9-10-13-16-21(4-2)19-15-12-11-14-18(19)17-20/h18-19H,3-17,20H2,1-2H3. The lowest BCUT2D eigenvalue weighted by Gasteiger charge is -2.39. The molecule has 0 heterocycles. The highest BCUT2D eigenvalue weighted by molar-refractivity contribution is 4.83. The molecule has 2 unspecified atom stereocenters. The number of hydrogen-bond donors (Lipinski definition) is 1. The van der Waals surface area contributed by atoms with E-state index in [-0.39, 0.29) is 0 Å². The number of nitrogens with zero attached hydrogens (tertiary/aromatic N) is 1. The van der Waals surface area contributed by atoms with Gasteiger partial charge in [-0.2, -0.15) is 0 Å². The molecule has 1 aliphatic rings. The van der Waals surface area contributed by atoms with Crippen molar-refractivity contribution in [2.24, 2.45) is 11.7 Å². The van der Waals surface area contributed by atoms with Crippen LogP contribution < -0.4 is 5.73 Å². The quantitative estimate of drug-likeness (QED) is 0.515. The third-order valence-corrected chi connectivity index (χ3v) is 5.35. The van der Waals surface area contributed by atoms with Crippen molar-refractivity contribution in [3.05, 3.63) is 0 Å². The predicted molar refractivity (Wildman–Crippen MR) is 94.7 cm³/mol. The molecule has 2 atom stereocenters. The Labute approximate surface area is 133 Å². The average molecular weight is 297 g/mol. The monoisotopic (exact) mass is 296 g/mol. The van der Waals surface area contributed by atoms with Gasteiger partial charge in [0.1, 0.15) is 0 Å². The summed E-state index contributed by atoms with van der Waals surface area (Å²) in [5, 5.41) is 0. The Hall–Kier alpha value is -0.0800. The summed E-state index contributed by atoms with van der Waals surface area (Å²) in [6.07, 6.45) is 16.9. The van der Waals surface area contributed by atoms with Gasteiger partial charge in [0.05, 0.1) is 0 Å². The second kappa shape index (κ2) is 12.5. The second-order valence-electron chi connectivity index (χ2n) is 6.95. The Kier molecular flexibility index (Phi) is 11.3. The van der Waals surface area contributed by atoms with Crippen LogP contribution in [0.25, 0.3) is 0 Å². The lowest BCUT2D eigenvalue weighted by Crippen LogP contribution is -2.45. The number of unbranched alkanes of at least 4 members (excludes halogenated alkanes) is 7. The Morgan fingerprint density at radius 3 is 2.10 bits per heavy atom. The van der Waals surface area contributed by atoms with E-state index in [1.54, 1.807) is 0 Å². The van der Waals surface area contributed by atoms with Crippen LogP contribution >= 0.6 is 0 Å². The molecule has 1 fully saturated rings. The Balaban J connectivity index is 2.12. The van der Waals surface area contributed by atoms with Gasteiger partial charge in [-0.05, 0) is 44.8 Å². The van der Waals surface area contributed by atoms with Crippen LogP contribution in [0, 0.1) is 5.92 Å². The van der Waals surface area contributed by atoms with E-state index in [0.717, 1.165) is 18.5 Å². The van der Waals surface area contributed by atoms with E-state index in [0.29, 0.717) is 0 Å². The fourth-order valence-corrected chi connectivity index (χ4v) is 3.95. The third-order valence-electron chi connectivity index (χ3n) is 5.35. The highest BCUT2D eigenvalue weighted by Gasteiger charge is 2.27. The summed E-state index contributed by atoms with van der Waals surface area (Å²) in [5.74, 6) is 0.757. The first-order valence-electron chi connectivity index (χ1n) is 9.77. The minimum atomic E-state index is 0.757. The zero-order valence-corrected chi connectivity index (χ0v) is 14.8. The fourth-order valence-electron chi connectivity index (χ4n) is 3.95.